The van der Waals surface area contributed by atoms with Crippen molar-refractivity contribution in [2.45, 2.75) is 13.5 Å². The average Bonchev–Trinajstić information content (AvgIpc) is 2.40. The molecule has 18 heavy (non-hydrogen) atoms. The molecule has 1 aromatic heterocycles. The van der Waals surface area contributed by atoms with E-state index in [0.29, 0.717) is 6.54 Å². The number of rotatable bonds is 5. The molecule has 2 rings (SSSR count). The minimum atomic E-state index is 0.674. The third-order valence-corrected chi connectivity index (χ3v) is 2.93. The van der Waals surface area contributed by atoms with E-state index in [2.05, 4.69) is 22.5 Å². The predicted molar refractivity (Wildman–Crippen MR) is 77.2 cm³/mol. The lowest BCUT2D eigenvalue weighted by Gasteiger charge is -2.08. The molecule has 0 fully saturated rings. The quantitative estimate of drug-likeness (QED) is 0.860. The zero-order chi connectivity index (χ0) is 12.8. The van der Waals surface area contributed by atoms with Crippen LogP contribution in [0.2, 0.25) is 5.02 Å². The van der Waals surface area contributed by atoms with Gasteiger partial charge in [0.05, 0.1) is 11.9 Å². The Labute approximate surface area is 112 Å². The van der Waals surface area contributed by atoms with Gasteiger partial charge in [0, 0.05) is 18.1 Å². The largest absolute Gasteiger partial charge is 0.384 e. The molecule has 2 aromatic rings. The first-order valence-corrected chi connectivity index (χ1v) is 6.34. The maximum Gasteiger partial charge on any atom is 0.126 e. The summed E-state index contributed by atoms with van der Waals surface area (Å²) in [4.78, 5) is 4.33. The summed E-state index contributed by atoms with van der Waals surface area (Å²) in [6, 6.07) is 11.8. The Hall–Kier alpha value is -1.74. The molecule has 0 radical (unpaired) electrons. The van der Waals surface area contributed by atoms with Gasteiger partial charge in [-0.05, 0) is 30.7 Å². The molecular formula is C14H16ClN3. The number of aromatic nitrogens is 1. The van der Waals surface area contributed by atoms with Gasteiger partial charge in [0.2, 0.25) is 0 Å². The van der Waals surface area contributed by atoms with Gasteiger partial charge in [0.1, 0.15) is 5.82 Å². The van der Waals surface area contributed by atoms with Crippen LogP contribution in [0.4, 0.5) is 11.5 Å². The third-order valence-electron chi connectivity index (χ3n) is 2.56. The molecular weight excluding hydrogens is 246 g/mol. The van der Waals surface area contributed by atoms with Gasteiger partial charge in [0.25, 0.3) is 0 Å². The average molecular weight is 262 g/mol. The maximum atomic E-state index is 6.09. The van der Waals surface area contributed by atoms with Crippen LogP contribution in [-0.2, 0) is 6.54 Å². The minimum absolute atomic E-state index is 0.674. The van der Waals surface area contributed by atoms with Crippen molar-refractivity contribution in [3.05, 3.63) is 53.2 Å². The number of hydrogen-bond acceptors (Lipinski definition) is 3. The van der Waals surface area contributed by atoms with Gasteiger partial charge in [-0.2, -0.15) is 0 Å². The number of halogens is 1. The molecule has 0 atom stereocenters. The highest BCUT2D eigenvalue weighted by Gasteiger charge is 1.99. The molecule has 0 unspecified atom stereocenters. The fraction of sp³-hybridized carbons (Fsp3) is 0.214. The fourth-order valence-electron chi connectivity index (χ4n) is 1.63. The molecule has 0 saturated carbocycles. The summed E-state index contributed by atoms with van der Waals surface area (Å²) in [5, 5.41) is 7.23. The van der Waals surface area contributed by atoms with Crippen LogP contribution in [-0.4, -0.2) is 11.5 Å². The van der Waals surface area contributed by atoms with E-state index in [1.807, 2.05) is 42.6 Å². The van der Waals surface area contributed by atoms with Gasteiger partial charge in [-0.1, -0.05) is 29.8 Å². The summed E-state index contributed by atoms with van der Waals surface area (Å²) in [5.74, 6) is 0.844. The second kappa shape index (κ2) is 6.26. The molecule has 94 valence electrons. The number of anilines is 2. The van der Waals surface area contributed by atoms with Gasteiger partial charge in [-0.15, -0.1) is 0 Å². The standard InChI is InChI=1S/C14H16ClN3/c1-2-16-12-7-8-14(18-10-12)17-9-11-5-3-4-6-13(11)15/h3-8,10,16H,2,9H2,1H3,(H,17,18). The van der Waals surface area contributed by atoms with E-state index in [1.165, 1.54) is 0 Å². The smallest absolute Gasteiger partial charge is 0.126 e. The molecule has 2 N–H and O–H groups in total. The number of pyridine rings is 1. The lowest BCUT2D eigenvalue weighted by atomic mass is 10.2. The van der Waals surface area contributed by atoms with Crippen LogP contribution in [0.1, 0.15) is 12.5 Å². The van der Waals surface area contributed by atoms with Crippen LogP contribution in [0.5, 0.6) is 0 Å². The van der Waals surface area contributed by atoms with Gasteiger partial charge in [0.15, 0.2) is 0 Å². The normalized spacial score (nSPS) is 10.1. The first-order chi connectivity index (χ1) is 8.79. The van der Waals surface area contributed by atoms with Crippen LogP contribution in [0, 0.1) is 0 Å². The zero-order valence-electron chi connectivity index (χ0n) is 10.3. The Morgan fingerprint density at radius 3 is 2.61 bits per heavy atom. The second-order valence-electron chi connectivity index (χ2n) is 3.91. The topological polar surface area (TPSA) is 37.0 Å². The zero-order valence-corrected chi connectivity index (χ0v) is 11.0. The summed E-state index contributed by atoms with van der Waals surface area (Å²) in [6.45, 7) is 3.63. The van der Waals surface area contributed by atoms with Crippen LogP contribution in [0.15, 0.2) is 42.6 Å². The number of benzene rings is 1. The molecule has 0 spiro atoms. The minimum Gasteiger partial charge on any atom is -0.384 e. The molecule has 0 aliphatic heterocycles. The Kier molecular flexibility index (Phi) is 4.42. The Balaban J connectivity index is 1.96. The molecule has 0 amide bonds. The Bertz CT molecular complexity index is 497. The van der Waals surface area contributed by atoms with Crippen LogP contribution in [0.25, 0.3) is 0 Å². The highest BCUT2D eigenvalue weighted by Crippen LogP contribution is 2.16. The van der Waals surface area contributed by atoms with Crippen molar-refractivity contribution in [2.24, 2.45) is 0 Å². The van der Waals surface area contributed by atoms with Crippen molar-refractivity contribution in [1.82, 2.24) is 4.98 Å². The molecule has 0 aliphatic carbocycles. The van der Waals surface area contributed by atoms with Crippen LogP contribution >= 0.6 is 11.6 Å². The molecule has 3 nitrogen and oxygen atoms in total. The molecule has 1 aromatic carbocycles. The maximum absolute atomic E-state index is 6.09. The number of hydrogen-bond donors (Lipinski definition) is 2. The van der Waals surface area contributed by atoms with Gasteiger partial charge < -0.3 is 10.6 Å². The van der Waals surface area contributed by atoms with E-state index in [0.717, 1.165) is 28.6 Å². The first kappa shape index (κ1) is 12.7. The van der Waals surface area contributed by atoms with Crippen LogP contribution < -0.4 is 10.6 Å². The molecule has 0 bridgehead atoms. The summed E-state index contributed by atoms with van der Waals surface area (Å²) < 4.78 is 0. The summed E-state index contributed by atoms with van der Waals surface area (Å²) >= 11 is 6.09. The van der Waals surface area contributed by atoms with Crippen molar-refractivity contribution in [2.75, 3.05) is 17.2 Å². The lowest BCUT2D eigenvalue weighted by molar-refractivity contribution is 1.11. The Morgan fingerprint density at radius 1 is 1.11 bits per heavy atom. The molecule has 0 saturated heterocycles. The predicted octanol–water partition coefficient (Wildman–Crippen LogP) is 3.78. The van der Waals surface area contributed by atoms with E-state index in [9.17, 15) is 0 Å². The molecule has 0 aliphatic rings. The van der Waals surface area contributed by atoms with Crippen molar-refractivity contribution in [3.63, 3.8) is 0 Å². The number of nitrogens with zero attached hydrogens (tertiary/aromatic N) is 1. The van der Waals surface area contributed by atoms with Gasteiger partial charge in [-0.3, -0.25) is 0 Å². The molecule has 1 heterocycles. The van der Waals surface area contributed by atoms with Crippen molar-refractivity contribution >= 4 is 23.1 Å². The van der Waals surface area contributed by atoms with Crippen molar-refractivity contribution in [1.29, 1.82) is 0 Å². The second-order valence-corrected chi connectivity index (χ2v) is 4.31. The lowest BCUT2D eigenvalue weighted by Crippen LogP contribution is -2.02. The highest BCUT2D eigenvalue weighted by molar-refractivity contribution is 6.31. The van der Waals surface area contributed by atoms with E-state index in [-0.39, 0.29) is 0 Å². The van der Waals surface area contributed by atoms with Crippen molar-refractivity contribution < 1.29 is 0 Å². The van der Waals surface area contributed by atoms with Gasteiger partial charge >= 0.3 is 0 Å². The summed E-state index contributed by atoms with van der Waals surface area (Å²) in [6.07, 6.45) is 1.82. The summed E-state index contributed by atoms with van der Waals surface area (Å²) in [7, 11) is 0. The van der Waals surface area contributed by atoms with E-state index in [1.54, 1.807) is 0 Å². The van der Waals surface area contributed by atoms with E-state index >= 15 is 0 Å². The van der Waals surface area contributed by atoms with Gasteiger partial charge in [-0.25, -0.2) is 4.98 Å². The van der Waals surface area contributed by atoms with Crippen LogP contribution in [0.3, 0.4) is 0 Å². The summed E-state index contributed by atoms with van der Waals surface area (Å²) in [5.41, 5.74) is 2.09. The van der Waals surface area contributed by atoms with E-state index in [4.69, 9.17) is 11.6 Å². The third kappa shape index (κ3) is 3.37. The van der Waals surface area contributed by atoms with Crippen molar-refractivity contribution in [3.8, 4) is 0 Å². The fourth-order valence-corrected chi connectivity index (χ4v) is 1.84. The molecule has 4 heteroatoms. The van der Waals surface area contributed by atoms with E-state index < -0.39 is 0 Å². The number of nitrogens with one attached hydrogen (secondary N) is 2. The SMILES string of the molecule is CCNc1ccc(NCc2ccccc2Cl)nc1. The highest BCUT2D eigenvalue weighted by atomic mass is 35.5. The monoisotopic (exact) mass is 261 g/mol. The first-order valence-electron chi connectivity index (χ1n) is 5.97. The Morgan fingerprint density at radius 2 is 1.94 bits per heavy atom.